The molecule has 1 aromatic heterocycles. The standard InChI is InChI=1S/C11H11FN2O/c12-10-1-3-11(4-2-10)15-8-7-14-6-5-13-9-14/h1-6,9H,7-8H2. The van der Waals surface area contributed by atoms with Gasteiger partial charge < -0.3 is 9.30 Å². The van der Waals surface area contributed by atoms with Gasteiger partial charge >= 0.3 is 0 Å². The van der Waals surface area contributed by atoms with E-state index in [-0.39, 0.29) is 5.82 Å². The largest absolute Gasteiger partial charge is 0.492 e. The number of rotatable bonds is 4. The van der Waals surface area contributed by atoms with E-state index in [2.05, 4.69) is 4.98 Å². The van der Waals surface area contributed by atoms with Gasteiger partial charge in [0.2, 0.25) is 0 Å². The number of nitrogens with zero attached hydrogens (tertiary/aromatic N) is 2. The molecule has 78 valence electrons. The average Bonchev–Trinajstić information content (AvgIpc) is 2.74. The fourth-order valence-corrected chi connectivity index (χ4v) is 1.22. The second-order valence-corrected chi connectivity index (χ2v) is 3.10. The molecule has 0 aliphatic heterocycles. The number of imidazole rings is 1. The summed E-state index contributed by atoms with van der Waals surface area (Å²) in [7, 11) is 0. The van der Waals surface area contributed by atoms with Gasteiger partial charge in [-0.25, -0.2) is 9.37 Å². The van der Waals surface area contributed by atoms with E-state index >= 15 is 0 Å². The average molecular weight is 206 g/mol. The smallest absolute Gasteiger partial charge is 0.123 e. The second kappa shape index (κ2) is 4.59. The van der Waals surface area contributed by atoms with Crippen molar-refractivity contribution in [2.45, 2.75) is 6.54 Å². The van der Waals surface area contributed by atoms with Gasteiger partial charge in [-0.1, -0.05) is 0 Å². The van der Waals surface area contributed by atoms with E-state index in [0.29, 0.717) is 12.4 Å². The summed E-state index contributed by atoms with van der Waals surface area (Å²) >= 11 is 0. The van der Waals surface area contributed by atoms with Gasteiger partial charge in [0.25, 0.3) is 0 Å². The lowest BCUT2D eigenvalue weighted by atomic mass is 10.3. The summed E-state index contributed by atoms with van der Waals surface area (Å²) in [5.41, 5.74) is 0. The molecule has 0 spiro atoms. The maximum atomic E-state index is 12.6. The van der Waals surface area contributed by atoms with E-state index in [1.165, 1.54) is 12.1 Å². The third kappa shape index (κ3) is 2.80. The third-order valence-electron chi connectivity index (χ3n) is 1.99. The summed E-state index contributed by atoms with van der Waals surface area (Å²) < 4.78 is 19.9. The summed E-state index contributed by atoms with van der Waals surface area (Å²) in [6.45, 7) is 1.28. The molecule has 0 aliphatic carbocycles. The molecular weight excluding hydrogens is 195 g/mol. The van der Waals surface area contributed by atoms with Gasteiger partial charge in [0.05, 0.1) is 12.9 Å². The van der Waals surface area contributed by atoms with Crippen LogP contribution in [0.5, 0.6) is 5.75 Å². The van der Waals surface area contributed by atoms with E-state index in [1.54, 1.807) is 24.7 Å². The molecule has 1 heterocycles. The molecule has 2 rings (SSSR count). The summed E-state index contributed by atoms with van der Waals surface area (Å²) in [4.78, 5) is 3.92. The molecule has 0 N–H and O–H groups in total. The third-order valence-corrected chi connectivity index (χ3v) is 1.99. The van der Waals surface area contributed by atoms with E-state index in [1.807, 2.05) is 10.8 Å². The van der Waals surface area contributed by atoms with Crippen molar-refractivity contribution < 1.29 is 9.13 Å². The molecule has 0 unspecified atom stereocenters. The van der Waals surface area contributed by atoms with Gasteiger partial charge in [-0.2, -0.15) is 0 Å². The highest BCUT2D eigenvalue weighted by Crippen LogP contribution is 2.10. The quantitative estimate of drug-likeness (QED) is 0.766. The highest BCUT2D eigenvalue weighted by atomic mass is 19.1. The minimum absolute atomic E-state index is 0.253. The van der Waals surface area contributed by atoms with Crippen LogP contribution in [0.15, 0.2) is 43.0 Å². The van der Waals surface area contributed by atoms with Crippen molar-refractivity contribution in [3.8, 4) is 5.75 Å². The summed E-state index contributed by atoms with van der Waals surface area (Å²) in [5, 5.41) is 0. The number of ether oxygens (including phenoxy) is 1. The highest BCUT2D eigenvalue weighted by Gasteiger charge is 1.94. The van der Waals surface area contributed by atoms with Gasteiger partial charge in [0.15, 0.2) is 0 Å². The highest BCUT2D eigenvalue weighted by molar-refractivity contribution is 5.21. The maximum absolute atomic E-state index is 12.6. The van der Waals surface area contributed by atoms with Crippen LogP contribution in [0.3, 0.4) is 0 Å². The van der Waals surface area contributed by atoms with Crippen LogP contribution in [0.2, 0.25) is 0 Å². The molecule has 1 aromatic carbocycles. The Morgan fingerprint density at radius 2 is 2.07 bits per heavy atom. The zero-order valence-corrected chi connectivity index (χ0v) is 8.14. The fourth-order valence-electron chi connectivity index (χ4n) is 1.22. The van der Waals surface area contributed by atoms with E-state index in [4.69, 9.17) is 4.74 Å². The Morgan fingerprint density at radius 1 is 1.27 bits per heavy atom. The topological polar surface area (TPSA) is 27.1 Å². The molecule has 0 bridgehead atoms. The summed E-state index contributed by atoms with van der Waals surface area (Å²) in [6, 6.07) is 5.99. The van der Waals surface area contributed by atoms with Gasteiger partial charge in [-0.05, 0) is 24.3 Å². The number of hydrogen-bond donors (Lipinski definition) is 0. The molecule has 0 fully saturated rings. The van der Waals surface area contributed by atoms with Crippen LogP contribution in [-0.2, 0) is 6.54 Å². The molecule has 0 saturated heterocycles. The molecule has 4 heteroatoms. The van der Waals surface area contributed by atoms with Crippen LogP contribution in [0.4, 0.5) is 4.39 Å². The second-order valence-electron chi connectivity index (χ2n) is 3.10. The zero-order chi connectivity index (χ0) is 10.5. The van der Waals surface area contributed by atoms with Crippen molar-refractivity contribution in [2.75, 3.05) is 6.61 Å². The lowest BCUT2D eigenvalue weighted by molar-refractivity contribution is 0.298. The Hall–Kier alpha value is -1.84. The molecule has 0 aliphatic rings. The zero-order valence-electron chi connectivity index (χ0n) is 8.14. The van der Waals surface area contributed by atoms with Gasteiger partial charge in [0, 0.05) is 12.4 Å². The first kappa shape index (κ1) is 9.71. The van der Waals surface area contributed by atoms with Crippen LogP contribution < -0.4 is 4.74 Å². The Kier molecular flexibility index (Phi) is 2.97. The monoisotopic (exact) mass is 206 g/mol. The Bertz CT molecular complexity index is 397. The predicted molar refractivity (Wildman–Crippen MR) is 54.1 cm³/mol. The lowest BCUT2D eigenvalue weighted by Gasteiger charge is -2.06. The van der Waals surface area contributed by atoms with Gasteiger partial charge in [-0.15, -0.1) is 0 Å². The van der Waals surface area contributed by atoms with Crippen LogP contribution in [0, 0.1) is 5.82 Å². The van der Waals surface area contributed by atoms with Crippen molar-refractivity contribution in [3.63, 3.8) is 0 Å². The van der Waals surface area contributed by atoms with Crippen molar-refractivity contribution in [1.82, 2.24) is 9.55 Å². The van der Waals surface area contributed by atoms with E-state index in [0.717, 1.165) is 6.54 Å². The molecule has 0 radical (unpaired) electrons. The van der Waals surface area contributed by atoms with E-state index < -0.39 is 0 Å². The van der Waals surface area contributed by atoms with Crippen LogP contribution in [0.25, 0.3) is 0 Å². The van der Waals surface area contributed by atoms with Crippen molar-refractivity contribution in [2.24, 2.45) is 0 Å². The Morgan fingerprint density at radius 3 is 2.73 bits per heavy atom. The molecule has 0 saturated carbocycles. The number of hydrogen-bond acceptors (Lipinski definition) is 2. The first-order valence-corrected chi connectivity index (χ1v) is 4.69. The summed E-state index contributed by atoms with van der Waals surface area (Å²) in [5.74, 6) is 0.425. The van der Waals surface area contributed by atoms with Crippen LogP contribution >= 0.6 is 0 Å². The molecular formula is C11H11FN2O. The molecule has 0 atom stereocenters. The molecule has 3 nitrogen and oxygen atoms in total. The number of benzene rings is 1. The SMILES string of the molecule is Fc1ccc(OCCn2ccnc2)cc1. The normalized spacial score (nSPS) is 10.2. The fraction of sp³-hybridized carbons (Fsp3) is 0.182. The van der Waals surface area contributed by atoms with Crippen LogP contribution in [-0.4, -0.2) is 16.2 Å². The lowest BCUT2D eigenvalue weighted by Crippen LogP contribution is -2.06. The summed E-state index contributed by atoms with van der Waals surface area (Å²) in [6.07, 6.45) is 5.32. The Balaban J connectivity index is 1.81. The first-order chi connectivity index (χ1) is 7.34. The maximum Gasteiger partial charge on any atom is 0.123 e. The minimum Gasteiger partial charge on any atom is -0.492 e. The van der Waals surface area contributed by atoms with Crippen LogP contribution in [0.1, 0.15) is 0 Å². The minimum atomic E-state index is -0.253. The predicted octanol–water partition coefficient (Wildman–Crippen LogP) is 2.10. The van der Waals surface area contributed by atoms with E-state index in [9.17, 15) is 4.39 Å². The molecule has 0 amide bonds. The first-order valence-electron chi connectivity index (χ1n) is 4.69. The number of aromatic nitrogens is 2. The van der Waals surface area contributed by atoms with Gasteiger partial charge in [-0.3, -0.25) is 0 Å². The van der Waals surface area contributed by atoms with Crippen molar-refractivity contribution in [3.05, 3.63) is 48.8 Å². The molecule has 2 aromatic rings. The Labute approximate surface area is 87.1 Å². The van der Waals surface area contributed by atoms with Crippen molar-refractivity contribution >= 4 is 0 Å². The van der Waals surface area contributed by atoms with Gasteiger partial charge in [0.1, 0.15) is 18.2 Å². The number of halogens is 1. The van der Waals surface area contributed by atoms with Crippen molar-refractivity contribution in [1.29, 1.82) is 0 Å². The molecule has 15 heavy (non-hydrogen) atoms.